The molecule has 0 bridgehead atoms. The van der Waals surface area contributed by atoms with Crippen LogP contribution >= 0.6 is 0 Å². The molecule has 0 atom stereocenters. The molecule has 7 heteroatoms. The smallest absolute Gasteiger partial charge is 0.137 e. The highest BCUT2D eigenvalue weighted by Crippen LogP contribution is 2.29. The normalized spacial score (nSPS) is 21.1. The number of piperazine rings is 1. The molecule has 6 nitrogen and oxygen atoms in total. The first-order valence-electron chi connectivity index (χ1n) is 9.68. The van der Waals surface area contributed by atoms with Crippen molar-refractivity contribution < 1.29 is 9.13 Å². The van der Waals surface area contributed by atoms with Crippen LogP contribution in [-0.2, 0) is 17.8 Å². The average Bonchev–Trinajstić information content (AvgIpc) is 2.68. The number of aromatic nitrogens is 2. The molecule has 4 heterocycles. The van der Waals surface area contributed by atoms with Crippen LogP contribution in [-0.4, -0.2) is 66.8 Å². The van der Waals surface area contributed by atoms with Crippen LogP contribution in [0.1, 0.15) is 11.3 Å². The van der Waals surface area contributed by atoms with Crippen molar-refractivity contribution in [3.05, 3.63) is 47.7 Å². The van der Waals surface area contributed by atoms with Crippen LogP contribution in [0.5, 0.6) is 0 Å². The van der Waals surface area contributed by atoms with Crippen molar-refractivity contribution in [3.8, 4) is 0 Å². The molecule has 27 heavy (non-hydrogen) atoms. The average molecular weight is 369 g/mol. The second kappa shape index (κ2) is 7.05. The van der Waals surface area contributed by atoms with E-state index >= 15 is 0 Å². The lowest BCUT2D eigenvalue weighted by molar-refractivity contribution is 0.108. The maximum Gasteiger partial charge on any atom is 0.137 e. The van der Waals surface area contributed by atoms with E-state index in [1.54, 1.807) is 6.33 Å². The Morgan fingerprint density at radius 2 is 1.74 bits per heavy atom. The molecule has 0 saturated carbocycles. The van der Waals surface area contributed by atoms with Gasteiger partial charge in [-0.2, -0.15) is 0 Å². The van der Waals surface area contributed by atoms with Crippen LogP contribution in [0.15, 0.2) is 30.6 Å². The van der Waals surface area contributed by atoms with E-state index in [4.69, 9.17) is 4.74 Å². The van der Waals surface area contributed by atoms with Gasteiger partial charge in [0.05, 0.1) is 18.9 Å². The maximum absolute atomic E-state index is 13.1. The molecule has 0 spiro atoms. The third-order valence-corrected chi connectivity index (χ3v) is 5.93. The molecular formula is C20H24FN5O. The second-order valence-electron chi connectivity index (χ2n) is 7.48. The third-order valence-electron chi connectivity index (χ3n) is 5.93. The molecule has 3 aliphatic heterocycles. The van der Waals surface area contributed by atoms with E-state index in [9.17, 15) is 4.39 Å². The number of anilines is 2. The van der Waals surface area contributed by atoms with Gasteiger partial charge in [-0.05, 0) is 24.3 Å². The minimum Gasteiger partial charge on any atom is -0.376 e. The molecule has 2 fully saturated rings. The summed E-state index contributed by atoms with van der Waals surface area (Å²) in [7, 11) is 0. The van der Waals surface area contributed by atoms with Crippen LogP contribution in [0.25, 0.3) is 0 Å². The van der Waals surface area contributed by atoms with Crippen LogP contribution < -0.4 is 9.80 Å². The van der Waals surface area contributed by atoms with E-state index in [1.807, 2.05) is 12.1 Å². The molecule has 0 aliphatic carbocycles. The number of nitrogens with zero attached hydrogens (tertiary/aromatic N) is 5. The standard InChI is InChI=1S/C20H24FN5O/c21-15-1-3-16(4-2-15)24-6-8-25(9-7-24)17-11-26(12-17)20-18-13-27-10-5-19(18)22-14-23-20/h1-4,14,17H,5-13H2. The zero-order chi connectivity index (χ0) is 18.2. The Morgan fingerprint density at radius 1 is 0.963 bits per heavy atom. The predicted molar refractivity (Wildman–Crippen MR) is 102 cm³/mol. The van der Waals surface area contributed by atoms with Gasteiger partial charge in [0.1, 0.15) is 18.0 Å². The summed E-state index contributed by atoms with van der Waals surface area (Å²) < 4.78 is 18.7. The summed E-state index contributed by atoms with van der Waals surface area (Å²) in [5.41, 5.74) is 3.42. The molecule has 0 radical (unpaired) electrons. The lowest BCUT2D eigenvalue weighted by Crippen LogP contribution is -2.63. The monoisotopic (exact) mass is 369 g/mol. The fourth-order valence-corrected chi connectivity index (χ4v) is 4.27. The molecule has 3 aliphatic rings. The number of benzene rings is 1. The summed E-state index contributed by atoms with van der Waals surface area (Å²) in [6.45, 7) is 7.47. The Bertz CT molecular complexity index is 801. The van der Waals surface area contributed by atoms with Gasteiger partial charge in [0, 0.05) is 63.0 Å². The van der Waals surface area contributed by atoms with Crippen molar-refractivity contribution in [1.82, 2.24) is 14.9 Å². The molecule has 2 aromatic rings. The van der Waals surface area contributed by atoms with Crippen molar-refractivity contribution in [2.24, 2.45) is 0 Å². The molecule has 1 aromatic carbocycles. The number of hydrogen-bond donors (Lipinski definition) is 0. The van der Waals surface area contributed by atoms with E-state index in [2.05, 4.69) is 24.7 Å². The zero-order valence-corrected chi connectivity index (χ0v) is 15.4. The van der Waals surface area contributed by atoms with Gasteiger partial charge >= 0.3 is 0 Å². The maximum atomic E-state index is 13.1. The van der Waals surface area contributed by atoms with E-state index < -0.39 is 0 Å². The van der Waals surface area contributed by atoms with Gasteiger partial charge < -0.3 is 14.5 Å². The van der Waals surface area contributed by atoms with E-state index in [-0.39, 0.29) is 5.82 Å². The van der Waals surface area contributed by atoms with Crippen molar-refractivity contribution in [1.29, 1.82) is 0 Å². The molecule has 142 valence electrons. The fourth-order valence-electron chi connectivity index (χ4n) is 4.27. The van der Waals surface area contributed by atoms with Crippen molar-refractivity contribution >= 4 is 11.5 Å². The first-order valence-corrected chi connectivity index (χ1v) is 9.68. The number of rotatable bonds is 3. The highest BCUT2D eigenvalue weighted by molar-refractivity contribution is 5.52. The highest BCUT2D eigenvalue weighted by atomic mass is 19.1. The van der Waals surface area contributed by atoms with Gasteiger partial charge in [0.25, 0.3) is 0 Å². The molecule has 2 saturated heterocycles. The van der Waals surface area contributed by atoms with Crippen LogP contribution in [0.4, 0.5) is 15.9 Å². The van der Waals surface area contributed by atoms with E-state index in [1.165, 1.54) is 17.7 Å². The SMILES string of the molecule is Fc1ccc(N2CCN(C3CN(c4ncnc5c4COCC5)C3)CC2)cc1. The number of ether oxygens (including phenoxy) is 1. The topological polar surface area (TPSA) is 44.7 Å². The molecule has 5 rings (SSSR count). The lowest BCUT2D eigenvalue weighted by atomic mass is 10.0. The zero-order valence-electron chi connectivity index (χ0n) is 15.4. The molecule has 1 aromatic heterocycles. The number of halogens is 1. The minimum absolute atomic E-state index is 0.177. The summed E-state index contributed by atoms with van der Waals surface area (Å²) in [5.74, 6) is 0.880. The number of fused-ring (bicyclic) bond motifs is 1. The Hall–Kier alpha value is -2.25. The van der Waals surface area contributed by atoms with E-state index in [0.29, 0.717) is 12.6 Å². The lowest BCUT2D eigenvalue weighted by Gasteiger charge is -2.49. The second-order valence-corrected chi connectivity index (χ2v) is 7.48. The summed E-state index contributed by atoms with van der Waals surface area (Å²) in [6.07, 6.45) is 2.57. The quantitative estimate of drug-likeness (QED) is 0.821. The molecule has 0 unspecified atom stereocenters. The van der Waals surface area contributed by atoms with Crippen LogP contribution in [0, 0.1) is 5.82 Å². The Morgan fingerprint density at radius 3 is 2.52 bits per heavy atom. The Kier molecular flexibility index (Phi) is 4.41. The van der Waals surface area contributed by atoms with E-state index in [0.717, 1.165) is 69.5 Å². The van der Waals surface area contributed by atoms with Gasteiger partial charge in [-0.1, -0.05) is 0 Å². The largest absolute Gasteiger partial charge is 0.376 e. The van der Waals surface area contributed by atoms with Gasteiger partial charge in [-0.15, -0.1) is 0 Å². The Balaban J connectivity index is 1.17. The third kappa shape index (κ3) is 3.26. The van der Waals surface area contributed by atoms with Gasteiger partial charge in [0.2, 0.25) is 0 Å². The van der Waals surface area contributed by atoms with Crippen molar-refractivity contribution in [2.75, 3.05) is 55.7 Å². The molecule has 0 amide bonds. The highest BCUT2D eigenvalue weighted by Gasteiger charge is 2.36. The molecule has 0 N–H and O–H groups in total. The van der Waals surface area contributed by atoms with Crippen LogP contribution in [0.2, 0.25) is 0 Å². The first kappa shape index (κ1) is 16.9. The number of hydrogen-bond acceptors (Lipinski definition) is 6. The minimum atomic E-state index is -0.177. The first-order chi connectivity index (χ1) is 13.3. The fraction of sp³-hybridized carbons (Fsp3) is 0.500. The van der Waals surface area contributed by atoms with Gasteiger partial charge in [0.15, 0.2) is 0 Å². The van der Waals surface area contributed by atoms with Crippen molar-refractivity contribution in [2.45, 2.75) is 19.1 Å². The van der Waals surface area contributed by atoms with Gasteiger partial charge in [-0.25, -0.2) is 14.4 Å². The van der Waals surface area contributed by atoms with Crippen molar-refractivity contribution in [3.63, 3.8) is 0 Å². The molecular weight excluding hydrogens is 345 g/mol. The van der Waals surface area contributed by atoms with Crippen LogP contribution in [0.3, 0.4) is 0 Å². The Labute approximate surface area is 158 Å². The summed E-state index contributed by atoms with van der Waals surface area (Å²) in [5, 5.41) is 0. The van der Waals surface area contributed by atoms with Gasteiger partial charge in [-0.3, -0.25) is 4.90 Å². The summed E-state index contributed by atoms with van der Waals surface area (Å²) >= 11 is 0. The predicted octanol–water partition coefficient (Wildman–Crippen LogP) is 1.70. The summed E-state index contributed by atoms with van der Waals surface area (Å²) in [4.78, 5) is 16.2. The summed E-state index contributed by atoms with van der Waals surface area (Å²) in [6, 6.07) is 7.40.